The Bertz CT molecular complexity index is 789. The van der Waals surface area contributed by atoms with Crippen molar-refractivity contribution in [3.63, 3.8) is 0 Å². The third kappa shape index (κ3) is 15.4. The van der Waals surface area contributed by atoms with E-state index in [4.69, 9.17) is 11.5 Å². The molecular weight excluding hydrogens is 479 g/mol. The molecule has 0 bridgehead atoms. The molecular formula is C28H46F3N5O. The first-order valence-corrected chi connectivity index (χ1v) is 12.3. The third-order valence-corrected chi connectivity index (χ3v) is 5.10. The van der Waals surface area contributed by atoms with Gasteiger partial charge in [0.25, 0.3) is 5.91 Å². The first kappa shape index (κ1) is 38.2. The van der Waals surface area contributed by atoms with Gasteiger partial charge in [-0.05, 0) is 31.8 Å². The van der Waals surface area contributed by atoms with Gasteiger partial charge in [0.1, 0.15) is 11.5 Å². The summed E-state index contributed by atoms with van der Waals surface area (Å²) in [6.45, 7) is 11.4. The minimum Gasteiger partial charge on any atom is -0.383 e. The zero-order valence-corrected chi connectivity index (χ0v) is 23.2. The Morgan fingerprint density at radius 1 is 1.14 bits per heavy atom. The minimum absolute atomic E-state index is 0.0348. The molecule has 37 heavy (non-hydrogen) atoms. The van der Waals surface area contributed by atoms with Crippen molar-refractivity contribution in [2.45, 2.75) is 78.6 Å². The number of nitrogens with one attached hydrogen (secondary N) is 1. The van der Waals surface area contributed by atoms with E-state index in [1.54, 1.807) is 30.2 Å². The van der Waals surface area contributed by atoms with E-state index in [2.05, 4.69) is 37.9 Å². The van der Waals surface area contributed by atoms with Crippen molar-refractivity contribution in [1.82, 2.24) is 15.1 Å². The molecule has 210 valence electrons. The number of hydrogen-bond acceptors (Lipinski definition) is 5. The molecule has 0 aromatic rings. The van der Waals surface area contributed by atoms with Crippen molar-refractivity contribution in [2.75, 3.05) is 20.3 Å². The fraction of sp³-hybridized carbons (Fsp3) is 0.536. The largest absolute Gasteiger partial charge is 0.393 e. The lowest BCUT2D eigenvalue weighted by Gasteiger charge is -2.41. The van der Waals surface area contributed by atoms with Crippen LogP contribution in [0.25, 0.3) is 0 Å². The van der Waals surface area contributed by atoms with Gasteiger partial charge in [0.05, 0.1) is 13.1 Å². The van der Waals surface area contributed by atoms with Crippen LogP contribution in [0.15, 0.2) is 47.5 Å². The second kappa shape index (κ2) is 21.9. The molecule has 2 atom stereocenters. The Hall–Kier alpha value is -3.30. The number of terminal acetylenes is 2. The number of carbonyl (C=O) groups is 1. The summed E-state index contributed by atoms with van der Waals surface area (Å²) in [7, 11) is 1.78. The van der Waals surface area contributed by atoms with E-state index >= 15 is 0 Å². The number of nitrogens with two attached hydrogens (primary N) is 2. The van der Waals surface area contributed by atoms with Crippen molar-refractivity contribution in [1.29, 1.82) is 0 Å². The molecule has 1 amide bonds. The summed E-state index contributed by atoms with van der Waals surface area (Å²) in [6, 6.07) is 0.131. The standard InChI is InChI=1S/C13H27N5O.C9H9F3.C2H6.2C2H2/c1-5-7-16-11-12(15)18(8-17(4)13(11)19)9(3)10(14)6-2;10-9(11,12)7-8-5-3-1-2-4-6-8;3*1-2/h9-10,16H,5-8,14-15H2,1-4H3;1-3,5-6H,4,7H2;1-2H3;2*1-2H/t9-,10+;;;;/m0..../s1. The number of rotatable bonds is 7. The molecule has 1 aliphatic heterocycles. The van der Waals surface area contributed by atoms with Crippen LogP contribution in [0.5, 0.6) is 0 Å². The van der Waals surface area contributed by atoms with Crippen LogP contribution in [0.3, 0.4) is 0 Å². The Morgan fingerprint density at radius 2 is 1.70 bits per heavy atom. The molecule has 1 aliphatic carbocycles. The molecule has 6 nitrogen and oxygen atoms in total. The molecule has 0 spiro atoms. The molecule has 9 heteroatoms. The van der Waals surface area contributed by atoms with Crippen LogP contribution >= 0.6 is 0 Å². The quantitative estimate of drug-likeness (QED) is 0.413. The smallest absolute Gasteiger partial charge is 0.383 e. The highest BCUT2D eigenvalue weighted by atomic mass is 19.4. The van der Waals surface area contributed by atoms with Crippen molar-refractivity contribution >= 4 is 5.91 Å². The van der Waals surface area contributed by atoms with E-state index in [1.165, 1.54) is 6.08 Å². The molecule has 1 heterocycles. The lowest BCUT2D eigenvalue weighted by molar-refractivity contribution is -0.130. The highest BCUT2D eigenvalue weighted by Crippen LogP contribution is 2.26. The number of alkyl halides is 3. The van der Waals surface area contributed by atoms with Crippen LogP contribution in [-0.2, 0) is 4.79 Å². The van der Waals surface area contributed by atoms with Crippen LogP contribution in [0.1, 0.15) is 60.3 Å². The van der Waals surface area contributed by atoms with E-state index in [0.717, 1.165) is 19.4 Å². The molecule has 0 unspecified atom stereocenters. The van der Waals surface area contributed by atoms with Gasteiger partial charge in [-0.2, -0.15) is 13.2 Å². The number of carbonyl (C=O) groups excluding carboxylic acids is 1. The Labute approximate surface area is 222 Å². The monoisotopic (exact) mass is 525 g/mol. The van der Waals surface area contributed by atoms with Crippen LogP contribution in [0.4, 0.5) is 13.2 Å². The molecule has 2 aliphatic rings. The summed E-state index contributed by atoms with van der Waals surface area (Å²) in [5, 5.41) is 3.12. The Balaban J connectivity index is -0.000000551. The van der Waals surface area contributed by atoms with Crippen molar-refractivity contribution < 1.29 is 18.0 Å². The minimum atomic E-state index is -4.10. The molecule has 0 radical (unpaired) electrons. The highest BCUT2D eigenvalue weighted by molar-refractivity contribution is 5.94. The van der Waals surface area contributed by atoms with Gasteiger partial charge in [-0.25, -0.2) is 0 Å². The van der Waals surface area contributed by atoms with E-state index < -0.39 is 12.6 Å². The van der Waals surface area contributed by atoms with Gasteiger partial charge >= 0.3 is 6.18 Å². The van der Waals surface area contributed by atoms with Gasteiger partial charge in [0.15, 0.2) is 0 Å². The molecule has 0 fully saturated rings. The summed E-state index contributed by atoms with van der Waals surface area (Å²) >= 11 is 0. The SMILES string of the molecule is C#C.C#C.CC.CCCNC1=C(N)N([C@@H](C)[C@H](N)CC)CN(C)C1=O.FC(F)(F)CC1=CCC=CC=C1. The van der Waals surface area contributed by atoms with E-state index in [0.29, 0.717) is 30.2 Å². The maximum Gasteiger partial charge on any atom is 0.393 e. The second-order valence-corrected chi connectivity index (χ2v) is 7.71. The number of halogens is 3. The Kier molecular flexibility index (Phi) is 22.7. The summed E-state index contributed by atoms with van der Waals surface area (Å²) < 4.78 is 35.6. The number of nitrogens with zero attached hydrogens (tertiary/aromatic N) is 2. The fourth-order valence-electron chi connectivity index (χ4n) is 3.14. The fourth-order valence-corrected chi connectivity index (χ4v) is 3.14. The van der Waals surface area contributed by atoms with Gasteiger partial charge in [-0.1, -0.05) is 58.1 Å². The van der Waals surface area contributed by atoms with E-state index in [1.807, 2.05) is 38.7 Å². The zero-order chi connectivity index (χ0) is 29.6. The lowest BCUT2D eigenvalue weighted by atomic mass is 10.1. The first-order chi connectivity index (χ1) is 17.5. The van der Waals surface area contributed by atoms with Crippen LogP contribution in [-0.4, -0.2) is 54.2 Å². The summed E-state index contributed by atoms with van der Waals surface area (Å²) in [5.74, 6) is 0.451. The molecule has 2 rings (SSSR count). The molecule has 0 aromatic heterocycles. The van der Waals surface area contributed by atoms with Gasteiger partial charge in [-0.15, -0.1) is 25.7 Å². The summed E-state index contributed by atoms with van der Waals surface area (Å²) in [5.41, 5.74) is 13.1. The van der Waals surface area contributed by atoms with Crippen LogP contribution < -0.4 is 16.8 Å². The summed E-state index contributed by atoms with van der Waals surface area (Å²) in [4.78, 5) is 15.8. The predicted octanol–water partition coefficient (Wildman–Crippen LogP) is 4.88. The number of hydrogen-bond donors (Lipinski definition) is 3. The van der Waals surface area contributed by atoms with Crippen LogP contribution in [0, 0.1) is 25.7 Å². The average Bonchev–Trinajstić information content (AvgIpc) is 3.16. The van der Waals surface area contributed by atoms with Crippen LogP contribution in [0.2, 0.25) is 0 Å². The molecule has 5 N–H and O–H groups in total. The number of allylic oxidation sites excluding steroid dienone is 6. The zero-order valence-electron chi connectivity index (χ0n) is 23.2. The normalized spacial score (nSPS) is 16.1. The molecule has 0 saturated heterocycles. The number of amides is 1. The molecule has 0 saturated carbocycles. The van der Waals surface area contributed by atoms with Crippen molar-refractivity contribution in [2.24, 2.45) is 11.5 Å². The lowest BCUT2D eigenvalue weighted by Crippen LogP contribution is -2.56. The van der Waals surface area contributed by atoms with Crippen molar-refractivity contribution in [3.05, 3.63) is 47.5 Å². The second-order valence-electron chi connectivity index (χ2n) is 7.71. The maximum atomic E-state index is 12.1. The predicted molar refractivity (Wildman–Crippen MR) is 149 cm³/mol. The van der Waals surface area contributed by atoms with Gasteiger partial charge in [0, 0.05) is 25.7 Å². The third-order valence-electron chi connectivity index (χ3n) is 5.10. The molecule has 0 aromatic carbocycles. The highest BCUT2D eigenvalue weighted by Gasteiger charge is 2.32. The van der Waals surface area contributed by atoms with E-state index in [-0.39, 0.29) is 18.0 Å². The Morgan fingerprint density at radius 3 is 2.19 bits per heavy atom. The summed E-state index contributed by atoms with van der Waals surface area (Å²) in [6.07, 6.45) is 21.8. The van der Waals surface area contributed by atoms with Crippen molar-refractivity contribution in [3.8, 4) is 25.7 Å². The maximum absolute atomic E-state index is 12.1. The van der Waals surface area contributed by atoms with E-state index in [9.17, 15) is 18.0 Å². The average molecular weight is 526 g/mol. The number of likely N-dealkylation sites (N-methyl/N-ethyl adjacent to an activating group) is 1. The van der Waals surface area contributed by atoms with Gasteiger partial charge in [0.2, 0.25) is 0 Å². The first-order valence-electron chi connectivity index (χ1n) is 12.3. The topological polar surface area (TPSA) is 87.6 Å². The van der Waals surface area contributed by atoms with Gasteiger partial charge < -0.3 is 26.6 Å². The van der Waals surface area contributed by atoms with Gasteiger partial charge in [-0.3, -0.25) is 4.79 Å².